The normalized spacial score (nSPS) is 11.5. The molecule has 0 aliphatic carbocycles. The van der Waals surface area contributed by atoms with E-state index in [1.807, 2.05) is 0 Å². The van der Waals surface area contributed by atoms with E-state index in [0.717, 1.165) is 4.90 Å². The van der Waals surface area contributed by atoms with Gasteiger partial charge in [-0.1, -0.05) is 0 Å². The van der Waals surface area contributed by atoms with Crippen LogP contribution in [0.3, 0.4) is 0 Å². The van der Waals surface area contributed by atoms with Gasteiger partial charge in [0.1, 0.15) is 11.6 Å². The Kier molecular flexibility index (Phi) is 6.47. The third-order valence-electron chi connectivity index (χ3n) is 3.43. The van der Waals surface area contributed by atoms with E-state index in [9.17, 15) is 14.0 Å². The number of hydrogen-bond acceptors (Lipinski definition) is 3. The summed E-state index contributed by atoms with van der Waals surface area (Å²) in [6, 6.07) is 12.5. The molecule has 0 saturated carbocycles. The molecule has 0 radical (unpaired) electrons. The Morgan fingerprint density at radius 1 is 0.920 bits per heavy atom. The van der Waals surface area contributed by atoms with Crippen LogP contribution in [0.2, 0.25) is 0 Å². The summed E-state index contributed by atoms with van der Waals surface area (Å²) >= 11 is 0. The van der Waals surface area contributed by atoms with E-state index >= 15 is 0 Å². The fraction of sp³-hybridized carbons (Fsp3) is 0.222. The highest BCUT2D eigenvalue weighted by molar-refractivity contribution is 5.93. The van der Waals surface area contributed by atoms with Crippen LogP contribution in [0.5, 0.6) is 5.75 Å². The predicted molar refractivity (Wildman–Crippen MR) is 93.3 cm³/mol. The number of methoxy groups -OCH3 is 1. The molecule has 2 amide bonds. The van der Waals surface area contributed by atoms with Gasteiger partial charge in [-0.15, -0.1) is 0 Å². The quantitative estimate of drug-likeness (QED) is 0.698. The molecule has 0 heterocycles. The van der Waals surface area contributed by atoms with E-state index in [1.54, 1.807) is 38.4 Å². The van der Waals surface area contributed by atoms with Gasteiger partial charge < -0.3 is 20.3 Å². The largest absolute Gasteiger partial charge is 0.497 e. The molecule has 2 aromatic rings. The molecule has 0 bridgehead atoms. The highest BCUT2D eigenvalue weighted by Crippen LogP contribution is 2.14. The summed E-state index contributed by atoms with van der Waals surface area (Å²) in [6.07, 6.45) is 0. The molecule has 0 aliphatic rings. The Morgan fingerprint density at radius 2 is 1.36 bits per heavy atom. The van der Waals surface area contributed by atoms with Crippen LogP contribution in [0.15, 0.2) is 48.5 Å². The van der Waals surface area contributed by atoms with Crippen LogP contribution in [0, 0.1) is 5.82 Å². The van der Waals surface area contributed by atoms with Gasteiger partial charge in [-0.05, 0) is 48.5 Å². The van der Waals surface area contributed by atoms with E-state index in [4.69, 9.17) is 4.74 Å². The molecular weight excluding hydrogens is 325 g/mol. The van der Waals surface area contributed by atoms with E-state index in [2.05, 4.69) is 10.6 Å². The molecule has 132 valence electrons. The summed E-state index contributed by atoms with van der Waals surface area (Å²) in [6.45, 7) is 0.260. The van der Waals surface area contributed by atoms with E-state index in [-0.39, 0.29) is 30.7 Å². The molecule has 0 aliphatic heterocycles. The number of halogens is 1. The topological polar surface area (TPSA) is 71.9 Å². The van der Waals surface area contributed by atoms with Gasteiger partial charge in [0.05, 0.1) is 14.2 Å². The molecule has 2 rings (SSSR count). The van der Waals surface area contributed by atoms with Gasteiger partial charge in [0.15, 0.2) is 13.1 Å². The predicted octanol–water partition coefficient (Wildman–Crippen LogP) is 0.926. The van der Waals surface area contributed by atoms with Gasteiger partial charge in [0.2, 0.25) is 0 Å². The van der Waals surface area contributed by atoms with Crippen molar-refractivity contribution in [2.45, 2.75) is 0 Å². The number of nitrogens with one attached hydrogen (secondary N) is 3. The van der Waals surface area contributed by atoms with Crippen LogP contribution in [0.4, 0.5) is 15.8 Å². The molecule has 25 heavy (non-hydrogen) atoms. The number of amides is 2. The van der Waals surface area contributed by atoms with Crippen molar-refractivity contribution in [3.63, 3.8) is 0 Å². The monoisotopic (exact) mass is 346 g/mol. The van der Waals surface area contributed by atoms with Crippen LogP contribution in [0.25, 0.3) is 0 Å². The number of carbonyl (C=O) groups is 2. The second kappa shape index (κ2) is 8.79. The first-order valence-electron chi connectivity index (χ1n) is 7.77. The molecule has 3 N–H and O–H groups in total. The van der Waals surface area contributed by atoms with Crippen LogP contribution in [0.1, 0.15) is 0 Å². The van der Waals surface area contributed by atoms with Gasteiger partial charge in [-0.3, -0.25) is 9.59 Å². The number of rotatable bonds is 7. The van der Waals surface area contributed by atoms with Crippen LogP contribution in [-0.4, -0.2) is 39.1 Å². The van der Waals surface area contributed by atoms with Crippen LogP contribution in [-0.2, 0) is 9.59 Å². The molecule has 0 fully saturated rings. The maximum atomic E-state index is 12.8. The van der Waals surface area contributed by atoms with E-state index < -0.39 is 0 Å². The second-order valence-electron chi connectivity index (χ2n) is 5.64. The number of likely N-dealkylation sites (N-methyl/N-ethyl adjacent to an activating group) is 1. The van der Waals surface area contributed by atoms with Crippen molar-refractivity contribution in [3.05, 3.63) is 54.3 Å². The third kappa shape index (κ3) is 6.23. The zero-order valence-electron chi connectivity index (χ0n) is 14.1. The summed E-state index contributed by atoms with van der Waals surface area (Å²) < 4.78 is 17.9. The van der Waals surface area contributed by atoms with Gasteiger partial charge in [0.25, 0.3) is 11.8 Å². The first-order chi connectivity index (χ1) is 12.0. The Hall–Kier alpha value is -2.93. The van der Waals surface area contributed by atoms with E-state index in [0.29, 0.717) is 17.1 Å². The summed E-state index contributed by atoms with van der Waals surface area (Å²) in [5.41, 5.74) is 1.18. The summed E-state index contributed by atoms with van der Waals surface area (Å²) in [5.74, 6) is -0.104. The first-order valence-corrected chi connectivity index (χ1v) is 7.77. The van der Waals surface area contributed by atoms with Gasteiger partial charge in [-0.25, -0.2) is 4.39 Å². The number of benzene rings is 2. The molecule has 7 heteroatoms. The van der Waals surface area contributed by atoms with Crippen LogP contribution >= 0.6 is 0 Å². The Morgan fingerprint density at radius 3 is 1.80 bits per heavy atom. The molecule has 1 unspecified atom stereocenters. The molecule has 0 saturated heterocycles. The molecule has 6 nitrogen and oxygen atoms in total. The van der Waals surface area contributed by atoms with Crippen LogP contribution < -0.4 is 20.3 Å². The molecule has 2 aromatic carbocycles. The molecule has 1 atom stereocenters. The number of carbonyl (C=O) groups excluding carboxylic acids is 2. The minimum Gasteiger partial charge on any atom is -0.497 e. The lowest BCUT2D eigenvalue weighted by Gasteiger charge is -2.14. The maximum Gasteiger partial charge on any atom is 0.279 e. The standard InChI is InChI=1S/C18H20FN3O3/c1-22(11-17(23)20-14-5-3-13(19)4-6-14)12-18(24)21-15-7-9-16(25-2)10-8-15/h3-10H,11-12H2,1-2H3,(H,20,23)(H,21,24)/p+1. The van der Waals surface area contributed by atoms with Crippen molar-refractivity contribution >= 4 is 23.2 Å². The smallest absolute Gasteiger partial charge is 0.279 e. The first kappa shape index (κ1) is 18.4. The highest BCUT2D eigenvalue weighted by atomic mass is 19.1. The molecule has 0 aromatic heterocycles. The second-order valence-corrected chi connectivity index (χ2v) is 5.64. The summed E-state index contributed by atoms with van der Waals surface area (Å²) in [4.78, 5) is 24.7. The number of hydrogen-bond donors (Lipinski definition) is 3. The fourth-order valence-electron chi connectivity index (χ4n) is 2.23. The minimum absolute atomic E-state index is 0.118. The highest BCUT2D eigenvalue weighted by Gasteiger charge is 2.14. The number of ether oxygens (including phenoxy) is 1. The van der Waals surface area contributed by atoms with Crippen molar-refractivity contribution < 1.29 is 23.6 Å². The third-order valence-corrected chi connectivity index (χ3v) is 3.43. The minimum atomic E-state index is -0.365. The molecule has 0 spiro atoms. The van der Waals surface area contributed by atoms with Crippen molar-refractivity contribution in [1.29, 1.82) is 0 Å². The fourth-order valence-corrected chi connectivity index (χ4v) is 2.23. The van der Waals surface area contributed by atoms with Crippen molar-refractivity contribution in [1.82, 2.24) is 0 Å². The Labute approximate surface area is 145 Å². The zero-order valence-corrected chi connectivity index (χ0v) is 14.1. The van der Waals surface area contributed by atoms with Crippen molar-refractivity contribution in [3.8, 4) is 5.75 Å². The average Bonchev–Trinajstić information content (AvgIpc) is 2.57. The number of anilines is 2. The van der Waals surface area contributed by atoms with E-state index in [1.165, 1.54) is 24.3 Å². The van der Waals surface area contributed by atoms with Crippen molar-refractivity contribution in [2.24, 2.45) is 0 Å². The average molecular weight is 346 g/mol. The summed E-state index contributed by atoms with van der Waals surface area (Å²) in [7, 11) is 3.32. The number of quaternary nitrogens is 1. The lowest BCUT2D eigenvalue weighted by atomic mass is 10.3. The lowest BCUT2D eigenvalue weighted by molar-refractivity contribution is -0.862. The zero-order chi connectivity index (χ0) is 18.2. The maximum absolute atomic E-state index is 12.8. The Bertz CT molecular complexity index is 717. The van der Waals surface area contributed by atoms with Crippen molar-refractivity contribution in [2.75, 3.05) is 37.9 Å². The summed E-state index contributed by atoms with van der Waals surface area (Å²) in [5, 5.41) is 5.43. The SMILES string of the molecule is COc1ccc(NC(=O)C[NH+](C)CC(=O)Nc2ccc(F)cc2)cc1. The van der Waals surface area contributed by atoms with Gasteiger partial charge >= 0.3 is 0 Å². The van der Waals surface area contributed by atoms with Gasteiger partial charge in [-0.2, -0.15) is 0 Å². The molecular formula is C18H21FN3O3+. The van der Waals surface area contributed by atoms with Gasteiger partial charge in [0, 0.05) is 11.4 Å². The lowest BCUT2D eigenvalue weighted by Crippen LogP contribution is -3.11. The Balaban J connectivity index is 1.77.